The van der Waals surface area contributed by atoms with Gasteiger partial charge in [0.25, 0.3) is 0 Å². The first kappa shape index (κ1) is 24.1. The van der Waals surface area contributed by atoms with E-state index in [1.165, 1.54) is 22.7 Å². The van der Waals surface area contributed by atoms with Crippen molar-refractivity contribution < 1.29 is 18.3 Å². The largest absolute Gasteiger partial charge is 0.434 e. The number of aromatic nitrogens is 4. The Morgan fingerprint density at radius 3 is 2.74 bits per heavy atom. The van der Waals surface area contributed by atoms with E-state index in [1.807, 2.05) is 32.0 Å². The molecule has 34 heavy (non-hydrogen) atoms. The topological polar surface area (TPSA) is 93.4 Å². The van der Waals surface area contributed by atoms with E-state index in [0.717, 1.165) is 4.47 Å². The first-order chi connectivity index (χ1) is 16.3. The number of anilines is 1. The summed E-state index contributed by atoms with van der Waals surface area (Å²) in [5.41, 5.74) is 1.26. The smallest absolute Gasteiger partial charge is 0.387 e. The number of fused-ring (bicyclic) bond motifs is 3. The lowest BCUT2D eigenvalue weighted by Crippen LogP contribution is -2.39. The Bertz CT molecular complexity index is 1370. The molecule has 1 atom stereocenters. The highest BCUT2D eigenvalue weighted by molar-refractivity contribution is 9.10. The van der Waals surface area contributed by atoms with E-state index in [9.17, 15) is 13.6 Å². The molecule has 4 rings (SSSR count). The van der Waals surface area contributed by atoms with Crippen LogP contribution >= 0.6 is 27.5 Å². The number of halogens is 4. The van der Waals surface area contributed by atoms with Crippen LogP contribution in [0.1, 0.15) is 20.3 Å². The number of ether oxygens (including phenoxy) is 1. The maximum Gasteiger partial charge on any atom is 0.387 e. The van der Waals surface area contributed by atoms with Crippen molar-refractivity contribution in [3.63, 3.8) is 0 Å². The van der Waals surface area contributed by atoms with Crippen LogP contribution in [0.15, 0.2) is 40.9 Å². The molecule has 2 N–H and O–H groups in total. The monoisotopic (exact) mass is 552 g/mol. The summed E-state index contributed by atoms with van der Waals surface area (Å²) in [5.74, 6) is 0.0743. The number of amides is 1. The van der Waals surface area contributed by atoms with Crippen molar-refractivity contribution in [1.82, 2.24) is 24.9 Å². The van der Waals surface area contributed by atoms with Crippen LogP contribution in [0.5, 0.6) is 5.75 Å². The molecule has 0 fully saturated rings. The zero-order valence-corrected chi connectivity index (χ0v) is 20.5. The molecule has 1 amide bonds. The summed E-state index contributed by atoms with van der Waals surface area (Å²) in [5, 5.41) is 11.4. The van der Waals surface area contributed by atoms with Crippen molar-refractivity contribution in [1.29, 1.82) is 0 Å². The van der Waals surface area contributed by atoms with E-state index in [1.54, 1.807) is 0 Å². The molecule has 8 nitrogen and oxygen atoms in total. The number of alkyl halides is 2. The van der Waals surface area contributed by atoms with Gasteiger partial charge in [0, 0.05) is 21.4 Å². The summed E-state index contributed by atoms with van der Waals surface area (Å²) in [7, 11) is 0. The predicted molar refractivity (Wildman–Crippen MR) is 129 cm³/mol. The molecule has 0 aliphatic rings. The molecule has 2 aromatic heterocycles. The standard InChI is InChI=1S/C22H20BrClF2N6O2/c1-3-15(20(33)27-4-2)28-22-29-17-13(6-5-7-14(17)23)19-30-18(31-32(19)22)12-9-8-11(24)10-16(12)34-21(25)26/h5-10,15,21H,3-4H2,1-2H3,(H,27,33)(H,28,29). The van der Waals surface area contributed by atoms with Crippen LogP contribution in [0.4, 0.5) is 14.7 Å². The minimum Gasteiger partial charge on any atom is -0.434 e. The summed E-state index contributed by atoms with van der Waals surface area (Å²) in [6.07, 6.45) is 0.494. The maximum absolute atomic E-state index is 13.0. The van der Waals surface area contributed by atoms with Crippen molar-refractivity contribution in [2.45, 2.75) is 32.9 Å². The van der Waals surface area contributed by atoms with Gasteiger partial charge in [-0.3, -0.25) is 4.79 Å². The Hall–Kier alpha value is -3.05. The quantitative estimate of drug-likeness (QED) is 0.308. The molecule has 4 aromatic rings. The molecular formula is C22H20BrClF2N6O2. The van der Waals surface area contributed by atoms with Gasteiger partial charge in [-0.2, -0.15) is 13.3 Å². The van der Waals surface area contributed by atoms with Crippen LogP contribution < -0.4 is 15.4 Å². The summed E-state index contributed by atoms with van der Waals surface area (Å²) < 4.78 is 32.9. The molecular weight excluding hydrogens is 534 g/mol. The van der Waals surface area contributed by atoms with Crippen molar-refractivity contribution >= 4 is 55.9 Å². The van der Waals surface area contributed by atoms with Crippen molar-refractivity contribution in [3.8, 4) is 17.1 Å². The fourth-order valence-corrected chi connectivity index (χ4v) is 4.10. The average molecular weight is 554 g/mol. The number of likely N-dealkylation sites (N-methyl/N-ethyl adjacent to an activating group) is 1. The average Bonchev–Trinajstić information content (AvgIpc) is 3.23. The van der Waals surface area contributed by atoms with E-state index in [2.05, 4.69) is 46.4 Å². The Kier molecular flexibility index (Phi) is 7.13. The maximum atomic E-state index is 13.0. The van der Waals surface area contributed by atoms with E-state index in [4.69, 9.17) is 11.6 Å². The van der Waals surface area contributed by atoms with Crippen LogP contribution in [-0.2, 0) is 4.79 Å². The van der Waals surface area contributed by atoms with E-state index < -0.39 is 12.7 Å². The number of nitrogens with one attached hydrogen (secondary N) is 2. The molecule has 2 aromatic carbocycles. The number of hydrogen-bond acceptors (Lipinski definition) is 6. The summed E-state index contributed by atoms with van der Waals surface area (Å²) >= 11 is 9.49. The van der Waals surface area contributed by atoms with Crippen molar-refractivity contribution in [2.24, 2.45) is 0 Å². The highest BCUT2D eigenvalue weighted by atomic mass is 79.9. The summed E-state index contributed by atoms with van der Waals surface area (Å²) in [6, 6.07) is 9.24. The number of carbonyl (C=O) groups excluding carboxylic acids is 1. The van der Waals surface area contributed by atoms with Crippen LogP contribution in [-0.4, -0.2) is 44.7 Å². The van der Waals surface area contributed by atoms with Crippen LogP contribution in [0.3, 0.4) is 0 Å². The fourth-order valence-electron chi connectivity index (χ4n) is 3.48. The molecule has 0 aliphatic heterocycles. The number of carbonyl (C=O) groups is 1. The molecule has 178 valence electrons. The fraction of sp³-hybridized carbons (Fsp3) is 0.273. The lowest BCUT2D eigenvalue weighted by Gasteiger charge is -2.17. The molecule has 0 spiro atoms. The Balaban J connectivity index is 1.92. The highest BCUT2D eigenvalue weighted by Gasteiger charge is 2.22. The summed E-state index contributed by atoms with van der Waals surface area (Å²) in [6.45, 7) is 1.14. The molecule has 1 unspecified atom stereocenters. The number of hydrogen-bond donors (Lipinski definition) is 2. The minimum atomic E-state index is -3.05. The van der Waals surface area contributed by atoms with Gasteiger partial charge in [0.2, 0.25) is 11.9 Å². The van der Waals surface area contributed by atoms with Gasteiger partial charge in [-0.15, -0.1) is 5.10 Å². The van der Waals surface area contributed by atoms with Gasteiger partial charge in [0.1, 0.15) is 11.8 Å². The second-order valence-corrected chi connectivity index (χ2v) is 8.55. The normalized spacial score (nSPS) is 12.3. The lowest BCUT2D eigenvalue weighted by molar-refractivity contribution is -0.121. The zero-order chi connectivity index (χ0) is 24.4. The van der Waals surface area contributed by atoms with Gasteiger partial charge < -0.3 is 15.4 Å². The van der Waals surface area contributed by atoms with Gasteiger partial charge in [-0.1, -0.05) is 24.6 Å². The Morgan fingerprint density at radius 1 is 1.24 bits per heavy atom. The van der Waals surface area contributed by atoms with Crippen molar-refractivity contribution in [2.75, 3.05) is 11.9 Å². The van der Waals surface area contributed by atoms with Crippen LogP contribution in [0.25, 0.3) is 27.9 Å². The first-order valence-corrected chi connectivity index (χ1v) is 11.6. The molecule has 0 radical (unpaired) electrons. The molecule has 0 aliphatic carbocycles. The SMILES string of the molecule is CCNC(=O)C(CC)Nc1nc2c(Br)cccc2c2nc(-c3ccc(Cl)cc3OC(F)F)nn12. The first-order valence-electron chi connectivity index (χ1n) is 10.5. The van der Waals surface area contributed by atoms with E-state index in [0.29, 0.717) is 29.5 Å². The molecule has 0 bridgehead atoms. The lowest BCUT2D eigenvalue weighted by atomic mass is 10.2. The minimum absolute atomic E-state index is 0.135. The van der Waals surface area contributed by atoms with Gasteiger partial charge in [0.05, 0.1) is 11.1 Å². The third-order valence-corrected chi connectivity index (χ3v) is 5.91. The number of benzene rings is 2. The zero-order valence-electron chi connectivity index (χ0n) is 18.2. The third-order valence-electron chi connectivity index (χ3n) is 5.03. The van der Waals surface area contributed by atoms with Gasteiger partial charge in [0.15, 0.2) is 11.5 Å². The van der Waals surface area contributed by atoms with E-state index in [-0.39, 0.29) is 34.0 Å². The van der Waals surface area contributed by atoms with Gasteiger partial charge in [-0.25, -0.2) is 9.97 Å². The van der Waals surface area contributed by atoms with Crippen LogP contribution in [0, 0.1) is 0 Å². The van der Waals surface area contributed by atoms with Crippen molar-refractivity contribution in [3.05, 3.63) is 45.9 Å². The molecule has 0 saturated carbocycles. The molecule has 0 saturated heterocycles. The van der Waals surface area contributed by atoms with E-state index >= 15 is 0 Å². The predicted octanol–water partition coefficient (Wildman–Crippen LogP) is 5.29. The highest BCUT2D eigenvalue weighted by Crippen LogP contribution is 2.34. The van der Waals surface area contributed by atoms with Crippen LogP contribution in [0.2, 0.25) is 5.02 Å². The molecule has 2 heterocycles. The van der Waals surface area contributed by atoms with Gasteiger partial charge in [-0.05, 0) is 59.6 Å². The summed E-state index contributed by atoms with van der Waals surface area (Å²) in [4.78, 5) is 21.8. The number of rotatable bonds is 8. The third kappa shape index (κ3) is 4.76. The number of para-hydroxylation sites is 1. The second-order valence-electron chi connectivity index (χ2n) is 7.26. The molecule has 12 heteroatoms. The Labute approximate surface area is 206 Å². The van der Waals surface area contributed by atoms with Gasteiger partial charge >= 0.3 is 6.61 Å². The Morgan fingerprint density at radius 2 is 2.03 bits per heavy atom. The number of nitrogens with zero attached hydrogens (tertiary/aromatic N) is 4. The second kappa shape index (κ2) is 10.1.